The predicted molar refractivity (Wildman–Crippen MR) is 96.5 cm³/mol. The topological polar surface area (TPSA) is 76.9 Å². The lowest BCUT2D eigenvalue weighted by Gasteiger charge is -2.02. The Morgan fingerprint density at radius 2 is 2.00 bits per heavy atom. The van der Waals surface area contributed by atoms with Crippen molar-refractivity contribution in [1.82, 2.24) is 14.8 Å². The molecule has 0 saturated carbocycles. The number of halogens is 1. The summed E-state index contributed by atoms with van der Waals surface area (Å²) in [5.74, 6) is -0.393. The molecule has 2 heterocycles. The molecule has 2 aromatic heterocycles. The van der Waals surface area contributed by atoms with Crippen LogP contribution in [-0.2, 0) is 13.5 Å². The van der Waals surface area contributed by atoms with Gasteiger partial charge in [0.05, 0.1) is 0 Å². The zero-order valence-corrected chi connectivity index (χ0v) is 15.1. The highest BCUT2D eigenvalue weighted by Crippen LogP contribution is 2.22. The van der Waals surface area contributed by atoms with Crippen LogP contribution in [0.2, 0.25) is 0 Å². The Bertz CT molecular complexity index is 934. The Labute approximate surface area is 150 Å². The molecule has 3 aromatic rings. The summed E-state index contributed by atoms with van der Waals surface area (Å²) in [6, 6.07) is 10.8. The van der Waals surface area contributed by atoms with Crippen LogP contribution in [0.5, 0.6) is 0 Å². The van der Waals surface area contributed by atoms with E-state index in [1.165, 1.54) is 36.1 Å². The molecular weight excluding hydrogens is 392 g/mol. The Balaban J connectivity index is 1.69. The van der Waals surface area contributed by atoms with E-state index in [4.69, 9.17) is 0 Å². The highest BCUT2D eigenvalue weighted by atomic mass is 79.9. The van der Waals surface area contributed by atoms with E-state index in [-0.39, 0.29) is 11.3 Å². The quantitative estimate of drug-likeness (QED) is 0.724. The number of hydrogen-bond donors (Lipinski definition) is 1. The van der Waals surface area contributed by atoms with Crippen molar-refractivity contribution >= 4 is 38.3 Å². The Morgan fingerprint density at radius 3 is 2.71 bits per heavy atom. The third-order valence-electron chi connectivity index (χ3n) is 3.26. The van der Waals surface area contributed by atoms with Gasteiger partial charge in [0.2, 0.25) is 0 Å². The summed E-state index contributed by atoms with van der Waals surface area (Å²) in [5, 5.41) is 7.12. The summed E-state index contributed by atoms with van der Waals surface area (Å²) in [5.41, 5.74) is 1.07. The number of aryl methyl sites for hydroxylation is 1. The lowest BCUT2D eigenvalue weighted by Crippen LogP contribution is -2.23. The average molecular weight is 405 g/mol. The second-order valence-electron chi connectivity index (χ2n) is 5.07. The molecule has 0 aliphatic carbocycles. The lowest BCUT2D eigenvalue weighted by molar-refractivity contribution is 0.102. The number of thiazole rings is 1. The number of amides is 1. The number of carbonyl (C=O) groups excluding carboxylic acids is 1. The molecule has 1 N–H and O–H groups in total. The number of benzene rings is 1. The molecule has 24 heavy (non-hydrogen) atoms. The molecular formula is C16H13BrN4O2S. The SMILES string of the molecule is Cn1nc(C(=O)Nc2ncc(Cc3ccc(Br)cc3)s2)ccc1=O. The van der Waals surface area contributed by atoms with Gasteiger partial charge >= 0.3 is 0 Å². The first-order valence-electron chi connectivity index (χ1n) is 7.06. The molecule has 0 aliphatic heterocycles. The van der Waals surface area contributed by atoms with E-state index < -0.39 is 5.91 Å². The number of hydrogen-bond acceptors (Lipinski definition) is 5. The van der Waals surface area contributed by atoms with Crippen molar-refractivity contribution in [1.29, 1.82) is 0 Å². The van der Waals surface area contributed by atoms with Crippen molar-refractivity contribution in [2.45, 2.75) is 6.42 Å². The van der Waals surface area contributed by atoms with Crippen molar-refractivity contribution in [3.05, 3.63) is 73.6 Å². The van der Waals surface area contributed by atoms with E-state index in [0.717, 1.165) is 20.5 Å². The van der Waals surface area contributed by atoms with Gasteiger partial charge in [-0.05, 0) is 23.8 Å². The maximum atomic E-state index is 12.2. The number of nitrogens with one attached hydrogen (secondary N) is 1. The molecule has 3 rings (SSSR count). The van der Waals surface area contributed by atoms with E-state index in [1.807, 2.05) is 24.3 Å². The largest absolute Gasteiger partial charge is 0.296 e. The fourth-order valence-corrected chi connectivity index (χ4v) is 3.14. The monoisotopic (exact) mass is 404 g/mol. The van der Waals surface area contributed by atoms with E-state index in [1.54, 1.807) is 6.20 Å². The van der Waals surface area contributed by atoms with Crippen molar-refractivity contribution in [3.63, 3.8) is 0 Å². The minimum absolute atomic E-state index is 0.168. The van der Waals surface area contributed by atoms with Gasteiger partial charge in [-0.1, -0.05) is 28.1 Å². The van der Waals surface area contributed by atoms with E-state index in [0.29, 0.717) is 5.13 Å². The van der Waals surface area contributed by atoms with Crippen LogP contribution >= 0.6 is 27.3 Å². The van der Waals surface area contributed by atoms with Gasteiger partial charge in [0, 0.05) is 35.1 Å². The molecule has 0 aliphatic rings. The molecule has 0 unspecified atom stereocenters. The number of nitrogens with zero attached hydrogens (tertiary/aromatic N) is 3. The molecule has 6 nitrogen and oxygen atoms in total. The first kappa shape index (κ1) is 16.5. The Hall–Kier alpha value is -2.32. The predicted octanol–water partition coefficient (Wildman–Crippen LogP) is 2.84. The molecule has 0 radical (unpaired) electrons. The highest BCUT2D eigenvalue weighted by molar-refractivity contribution is 9.10. The average Bonchev–Trinajstić information content (AvgIpc) is 2.99. The lowest BCUT2D eigenvalue weighted by atomic mass is 10.1. The van der Waals surface area contributed by atoms with Gasteiger partial charge in [-0.2, -0.15) is 5.10 Å². The van der Waals surface area contributed by atoms with Crippen LogP contribution in [0.4, 0.5) is 5.13 Å². The Kier molecular flexibility index (Phi) is 4.86. The van der Waals surface area contributed by atoms with Crippen LogP contribution in [0.15, 0.2) is 51.9 Å². The van der Waals surface area contributed by atoms with Gasteiger partial charge < -0.3 is 0 Å². The molecule has 8 heteroatoms. The first-order chi connectivity index (χ1) is 11.5. The molecule has 0 spiro atoms. The maximum Gasteiger partial charge on any atom is 0.277 e. The maximum absolute atomic E-state index is 12.2. The number of carbonyl (C=O) groups is 1. The van der Waals surface area contributed by atoms with Crippen LogP contribution in [0.3, 0.4) is 0 Å². The summed E-state index contributed by atoms with van der Waals surface area (Å²) < 4.78 is 2.16. The van der Waals surface area contributed by atoms with Crippen molar-refractivity contribution in [3.8, 4) is 0 Å². The minimum Gasteiger partial charge on any atom is -0.296 e. The zero-order chi connectivity index (χ0) is 17.1. The van der Waals surface area contributed by atoms with Crippen LogP contribution in [0.1, 0.15) is 20.9 Å². The van der Waals surface area contributed by atoms with Crippen LogP contribution in [-0.4, -0.2) is 20.7 Å². The van der Waals surface area contributed by atoms with Crippen molar-refractivity contribution in [2.75, 3.05) is 5.32 Å². The van der Waals surface area contributed by atoms with Crippen LogP contribution < -0.4 is 10.9 Å². The van der Waals surface area contributed by atoms with Gasteiger partial charge in [0.15, 0.2) is 5.13 Å². The second kappa shape index (κ2) is 7.06. The van der Waals surface area contributed by atoms with Gasteiger partial charge in [0.25, 0.3) is 11.5 Å². The summed E-state index contributed by atoms with van der Waals surface area (Å²) in [6.45, 7) is 0. The van der Waals surface area contributed by atoms with E-state index in [9.17, 15) is 9.59 Å². The molecule has 1 amide bonds. The molecule has 0 fully saturated rings. The zero-order valence-electron chi connectivity index (χ0n) is 12.7. The third kappa shape index (κ3) is 3.95. The summed E-state index contributed by atoms with van der Waals surface area (Å²) in [6.07, 6.45) is 2.50. The van der Waals surface area contributed by atoms with Gasteiger partial charge in [-0.3, -0.25) is 14.9 Å². The smallest absolute Gasteiger partial charge is 0.277 e. The third-order valence-corrected chi connectivity index (χ3v) is 4.70. The fraction of sp³-hybridized carbons (Fsp3) is 0.125. The molecule has 0 saturated heterocycles. The summed E-state index contributed by atoms with van der Waals surface area (Å²) >= 11 is 4.82. The van der Waals surface area contributed by atoms with Gasteiger partial charge in [-0.15, -0.1) is 11.3 Å². The second-order valence-corrected chi connectivity index (χ2v) is 7.10. The molecule has 0 bridgehead atoms. The highest BCUT2D eigenvalue weighted by Gasteiger charge is 2.11. The molecule has 122 valence electrons. The van der Waals surface area contributed by atoms with Crippen LogP contribution in [0.25, 0.3) is 0 Å². The van der Waals surface area contributed by atoms with Gasteiger partial charge in [-0.25, -0.2) is 9.67 Å². The Morgan fingerprint density at radius 1 is 1.25 bits per heavy atom. The number of anilines is 1. The number of aromatic nitrogens is 3. The van der Waals surface area contributed by atoms with E-state index >= 15 is 0 Å². The van der Waals surface area contributed by atoms with Crippen molar-refractivity contribution < 1.29 is 4.79 Å². The standard InChI is InChI=1S/C16H13BrN4O2S/c1-21-14(22)7-6-13(20-21)15(23)19-16-18-9-12(24-16)8-10-2-4-11(17)5-3-10/h2-7,9H,8H2,1H3,(H,18,19,23). The summed E-state index contributed by atoms with van der Waals surface area (Å²) in [7, 11) is 1.50. The van der Waals surface area contributed by atoms with Crippen molar-refractivity contribution in [2.24, 2.45) is 7.05 Å². The number of rotatable bonds is 4. The van der Waals surface area contributed by atoms with E-state index in [2.05, 4.69) is 31.3 Å². The fourth-order valence-electron chi connectivity index (χ4n) is 2.04. The molecule has 1 aromatic carbocycles. The van der Waals surface area contributed by atoms with Gasteiger partial charge in [0.1, 0.15) is 5.69 Å². The summed E-state index contributed by atoms with van der Waals surface area (Å²) in [4.78, 5) is 28.7. The minimum atomic E-state index is -0.393. The molecule has 0 atom stereocenters. The normalized spacial score (nSPS) is 10.6. The van der Waals surface area contributed by atoms with Crippen LogP contribution in [0, 0.1) is 0 Å². The first-order valence-corrected chi connectivity index (χ1v) is 8.67.